The Kier molecular flexibility index (Phi) is 4.79. The number of nitrogens with zero attached hydrogens (tertiary/aromatic N) is 1. The molecule has 2 heteroatoms. The predicted octanol–water partition coefficient (Wildman–Crippen LogP) is 3.01. The zero-order valence-electron chi connectivity index (χ0n) is 11.6. The molecule has 18 heavy (non-hydrogen) atoms. The Morgan fingerprint density at radius 1 is 1.17 bits per heavy atom. The fourth-order valence-corrected chi connectivity index (χ4v) is 2.86. The molecule has 1 heterocycles. The van der Waals surface area contributed by atoms with Crippen molar-refractivity contribution in [2.24, 2.45) is 5.92 Å². The van der Waals surface area contributed by atoms with E-state index in [4.69, 9.17) is 5.11 Å². The van der Waals surface area contributed by atoms with E-state index >= 15 is 0 Å². The normalized spacial score (nSPS) is 18.4. The highest BCUT2D eigenvalue weighted by atomic mass is 16.3. The summed E-state index contributed by atoms with van der Waals surface area (Å²) in [5, 5.41) is 9.05. The van der Waals surface area contributed by atoms with Gasteiger partial charge in [-0.1, -0.05) is 38.1 Å². The number of piperidine rings is 1. The van der Waals surface area contributed by atoms with Gasteiger partial charge in [0.1, 0.15) is 0 Å². The summed E-state index contributed by atoms with van der Waals surface area (Å²) in [6.07, 6.45) is 2.54. The Morgan fingerprint density at radius 3 is 2.28 bits per heavy atom. The lowest BCUT2D eigenvalue weighted by atomic mass is 9.89. The monoisotopic (exact) mass is 247 g/mol. The van der Waals surface area contributed by atoms with Crippen LogP contribution in [0.3, 0.4) is 0 Å². The van der Waals surface area contributed by atoms with Gasteiger partial charge in [0.2, 0.25) is 0 Å². The molecule has 1 N–H and O–H groups in total. The lowest BCUT2D eigenvalue weighted by Gasteiger charge is -2.33. The zero-order valence-corrected chi connectivity index (χ0v) is 11.6. The second-order valence-corrected chi connectivity index (χ2v) is 5.87. The van der Waals surface area contributed by atoms with Gasteiger partial charge in [-0.2, -0.15) is 0 Å². The smallest absolute Gasteiger partial charge is 0.0681 e. The van der Waals surface area contributed by atoms with Crippen LogP contribution < -0.4 is 0 Å². The van der Waals surface area contributed by atoms with Crippen LogP contribution in [0.25, 0.3) is 0 Å². The molecular formula is C16H25NO. The van der Waals surface area contributed by atoms with Crippen molar-refractivity contribution >= 4 is 0 Å². The summed E-state index contributed by atoms with van der Waals surface area (Å²) in [6, 6.07) is 8.48. The Bertz CT molecular complexity index is 350. The molecule has 1 aliphatic heterocycles. The highest BCUT2D eigenvalue weighted by Gasteiger charge is 2.20. The summed E-state index contributed by atoms with van der Waals surface area (Å²) in [5.41, 5.74) is 2.45. The summed E-state index contributed by atoms with van der Waals surface area (Å²) in [5.74, 6) is 1.48. The minimum absolute atomic E-state index is 0.146. The molecule has 0 saturated carbocycles. The van der Waals surface area contributed by atoms with E-state index in [1.165, 1.54) is 38.0 Å². The van der Waals surface area contributed by atoms with Crippen LogP contribution in [0.15, 0.2) is 24.3 Å². The second-order valence-electron chi connectivity index (χ2n) is 5.87. The Morgan fingerprint density at radius 2 is 1.78 bits per heavy atom. The summed E-state index contributed by atoms with van der Waals surface area (Å²) in [4.78, 5) is 2.59. The maximum atomic E-state index is 9.05. The van der Waals surface area contributed by atoms with Crippen LogP contribution in [0.2, 0.25) is 0 Å². The van der Waals surface area contributed by atoms with Crippen molar-refractivity contribution in [1.29, 1.82) is 0 Å². The number of aliphatic hydroxyl groups is 1. The lowest BCUT2D eigenvalue weighted by molar-refractivity contribution is 0.192. The van der Waals surface area contributed by atoms with E-state index in [0.29, 0.717) is 5.92 Å². The third-order valence-electron chi connectivity index (χ3n) is 3.84. The van der Waals surface area contributed by atoms with Crippen molar-refractivity contribution in [2.75, 3.05) is 19.6 Å². The van der Waals surface area contributed by atoms with Gasteiger partial charge in [0.05, 0.1) is 6.61 Å². The third-order valence-corrected chi connectivity index (χ3v) is 3.84. The van der Waals surface area contributed by atoms with Gasteiger partial charge in [-0.05, 0) is 48.9 Å². The first-order chi connectivity index (χ1) is 8.69. The average Bonchev–Trinajstić information content (AvgIpc) is 2.39. The maximum absolute atomic E-state index is 9.05. The highest BCUT2D eigenvalue weighted by Crippen LogP contribution is 2.28. The summed E-state index contributed by atoms with van der Waals surface area (Å²) in [6.45, 7) is 8.41. The molecule has 0 spiro atoms. The van der Waals surface area contributed by atoms with Crippen molar-refractivity contribution in [2.45, 2.75) is 39.2 Å². The summed E-state index contributed by atoms with van der Waals surface area (Å²) < 4.78 is 0. The van der Waals surface area contributed by atoms with Crippen molar-refractivity contribution in [3.8, 4) is 0 Å². The average molecular weight is 247 g/mol. The molecule has 0 radical (unpaired) electrons. The molecule has 0 atom stereocenters. The minimum atomic E-state index is 0.146. The first-order valence-corrected chi connectivity index (χ1v) is 7.11. The van der Waals surface area contributed by atoms with Crippen LogP contribution >= 0.6 is 0 Å². The molecule has 1 fully saturated rings. The van der Waals surface area contributed by atoms with Crippen LogP contribution in [0.1, 0.15) is 43.7 Å². The Hall–Kier alpha value is -0.860. The number of hydrogen-bond donors (Lipinski definition) is 1. The molecule has 100 valence electrons. The van der Waals surface area contributed by atoms with Crippen LogP contribution in [-0.2, 0) is 6.61 Å². The van der Waals surface area contributed by atoms with Gasteiger partial charge in [0.15, 0.2) is 0 Å². The SMILES string of the molecule is CC(C)CN1CCC(c2ccc(CO)cc2)CC1. The molecule has 0 aliphatic carbocycles. The molecule has 0 amide bonds. The topological polar surface area (TPSA) is 23.5 Å². The van der Waals surface area contributed by atoms with Gasteiger partial charge in [-0.25, -0.2) is 0 Å². The van der Waals surface area contributed by atoms with Crippen molar-refractivity contribution in [1.82, 2.24) is 4.90 Å². The quantitative estimate of drug-likeness (QED) is 0.884. The van der Waals surface area contributed by atoms with Crippen molar-refractivity contribution < 1.29 is 5.11 Å². The molecule has 1 saturated heterocycles. The number of aliphatic hydroxyl groups excluding tert-OH is 1. The van der Waals surface area contributed by atoms with Gasteiger partial charge in [0, 0.05) is 6.54 Å². The van der Waals surface area contributed by atoms with Gasteiger partial charge < -0.3 is 10.0 Å². The molecule has 0 unspecified atom stereocenters. The van der Waals surface area contributed by atoms with Crippen molar-refractivity contribution in [3.63, 3.8) is 0 Å². The largest absolute Gasteiger partial charge is 0.392 e. The molecule has 0 aromatic heterocycles. The molecule has 1 aromatic carbocycles. The van der Waals surface area contributed by atoms with E-state index in [-0.39, 0.29) is 6.61 Å². The Labute approximate surface area is 111 Å². The molecule has 1 aliphatic rings. The second kappa shape index (κ2) is 6.35. The number of benzene rings is 1. The van der Waals surface area contributed by atoms with Crippen molar-refractivity contribution in [3.05, 3.63) is 35.4 Å². The fourth-order valence-electron chi connectivity index (χ4n) is 2.86. The van der Waals surface area contributed by atoms with Gasteiger partial charge in [-0.15, -0.1) is 0 Å². The van der Waals surface area contributed by atoms with E-state index in [1.54, 1.807) is 0 Å². The van der Waals surface area contributed by atoms with E-state index in [2.05, 4.69) is 43.0 Å². The number of likely N-dealkylation sites (tertiary alicyclic amines) is 1. The van der Waals surface area contributed by atoms with E-state index < -0.39 is 0 Å². The van der Waals surface area contributed by atoms with E-state index in [9.17, 15) is 0 Å². The number of rotatable bonds is 4. The first-order valence-electron chi connectivity index (χ1n) is 7.11. The first kappa shape index (κ1) is 13.6. The van der Waals surface area contributed by atoms with Crippen LogP contribution in [-0.4, -0.2) is 29.6 Å². The maximum Gasteiger partial charge on any atom is 0.0681 e. The summed E-state index contributed by atoms with van der Waals surface area (Å²) in [7, 11) is 0. The third kappa shape index (κ3) is 3.56. The van der Waals surface area contributed by atoms with Crippen LogP contribution in [0.5, 0.6) is 0 Å². The lowest BCUT2D eigenvalue weighted by Crippen LogP contribution is -2.35. The number of hydrogen-bond acceptors (Lipinski definition) is 2. The highest BCUT2D eigenvalue weighted by molar-refractivity contribution is 5.25. The van der Waals surface area contributed by atoms with Gasteiger partial charge in [-0.3, -0.25) is 0 Å². The molecule has 1 aromatic rings. The standard InChI is InChI=1S/C16H25NO/c1-13(2)11-17-9-7-16(8-10-17)15-5-3-14(12-18)4-6-15/h3-6,13,16,18H,7-12H2,1-2H3. The van der Waals surface area contributed by atoms with Gasteiger partial charge >= 0.3 is 0 Å². The van der Waals surface area contributed by atoms with Crippen LogP contribution in [0.4, 0.5) is 0 Å². The zero-order chi connectivity index (χ0) is 13.0. The predicted molar refractivity (Wildman–Crippen MR) is 75.6 cm³/mol. The van der Waals surface area contributed by atoms with E-state index in [1.807, 2.05) is 0 Å². The molecule has 2 nitrogen and oxygen atoms in total. The molecule has 0 bridgehead atoms. The van der Waals surface area contributed by atoms with Gasteiger partial charge in [0.25, 0.3) is 0 Å². The summed E-state index contributed by atoms with van der Waals surface area (Å²) >= 11 is 0. The molecular weight excluding hydrogens is 222 g/mol. The van der Waals surface area contributed by atoms with E-state index in [0.717, 1.165) is 11.5 Å². The fraction of sp³-hybridized carbons (Fsp3) is 0.625. The Balaban J connectivity index is 1.88. The molecule has 2 rings (SSSR count). The minimum Gasteiger partial charge on any atom is -0.392 e. The van der Waals surface area contributed by atoms with Crippen LogP contribution in [0, 0.1) is 5.92 Å².